The summed E-state index contributed by atoms with van der Waals surface area (Å²) < 4.78 is 4.63. The molecule has 0 aliphatic heterocycles. The van der Waals surface area contributed by atoms with Crippen LogP contribution >= 0.6 is 0 Å². The second-order valence-electron chi connectivity index (χ2n) is 2.80. The molecule has 88 valence electrons. The number of hydrogen-bond acceptors (Lipinski definition) is 6. The number of hydrogen-bond donors (Lipinski definition) is 2. The summed E-state index contributed by atoms with van der Waals surface area (Å²) in [5.74, 6) is -1.71. The molecule has 7 nitrogen and oxygen atoms in total. The third-order valence-electron chi connectivity index (χ3n) is 1.25. The zero-order valence-corrected chi connectivity index (χ0v) is 8.80. The van der Waals surface area contributed by atoms with Gasteiger partial charge in [-0.15, -0.1) is 0 Å². The molecule has 0 aliphatic rings. The predicted molar refractivity (Wildman–Crippen MR) is 50.6 cm³/mol. The molecule has 0 saturated heterocycles. The Bertz CT molecular complexity index is 219. The van der Waals surface area contributed by atoms with Crippen LogP contribution < -0.4 is 5.73 Å². The molecule has 0 bridgehead atoms. The van der Waals surface area contributed by atoms with Crippen molar-refractivity contribution in [3.63, 3.8) is 0 Å². The number of carboxylic acids is 1. The van der Waals surface area contributed by atoms with Gasteiger partial charge in [0.05, 0.1) is 6.61 Å². The van der Waals surface area contributed by atoms with Gasteiger partial charge in [-0.1, -0.05) is 0 Å². The Morgan fingerprint density at radius 2 is 2.07 bits per heavy atom. The maximum absolute atomic E-state index is 11.1. The van der Waals surface area contributed by atoms with E-state index in [0.717, 1.165) is 5.06 Å². The van der Waals surface area contributed by atoms with Crippen LogP contribution in [0.1, 0.15) is 13.8 Å². The van der Waals surface area contributed by atoms with Crippen LogP contribution in [-0.4, -0.2) is 48.0 Å². The molecule has 0 saturated carbocycles. The number of esters is 1. The molecule has 0 aromatic heterocycles. The van der Waals surface area contributed by atoms with Gasteiger partial charge in [0.25, 0.3) is 0 Å². The molecule has 0 rings (SSSR count). The minimum atomic E-state index is -1.09. The van der Waals surface area contributed by atoms with Crippen LogP contribution in [0.2, 0.25) is 0 Å². The highest BCUT2D eigenvalue weighted by atomic mass is 16.7. The molecule has 0 aromatic carbocycles. The number of rotatable bonds is 7. The monoisotopic (exact) mass is 220 g/mol. The number of hydroxylamine groups is 2. The molecule has 1 atom stereocenters. The smallest absolute Gasteiger partial charge is 0.324 e. The van der Waals surface area contributed by atoms with Gasteiger partial charge >= 0.3 is 11.9 Å². The van der Waals surface area contributed by atoms with Gasteiger partial charge in [0.2, 0.25) is 0 Å². The van der Waals surface area contributed by atoms with Crippen LogP contribution in [0, 0.1) is 0 Å². The van der Waals surface area contributed by atoms with Crippen LogP contribution in [0.4, 0.5) is 0 Å². The zero-order chi connectivity index (χ0) is 11.8. The van der Waals surface area contributed by atoms with Crippen LogP contribution in [0.3, 0.4) is 0 Å². The zero-order valence-electron chi connectivity index (χ0n) is 8.80. The molecule has 0 heterocycles. The van der Waals surface area contributed by atoms with Gasteiger partial charge in [0, 0.05) is 0 Å². The molecule has 0 amide bonds. The largest absolute Gasteiger partial charge is 0.480 e. The lowest BCUT2D eigenvalue weighted by Crippen LogP contribution is -2.37. The number of ether oxygens (including phenoxy) is 1. The SMILES string of the molecule is CCON(CC(=O)O)CC(=O)OC(C)N. The second kappa shape index (κ2) is 7.16. The lowest BCUT2D eigenvalue weighted by atomic mass is 10.5. The number of carbonyl (C=O) groups excluding carboxylic acids is 1. The molecule has 7 heteroatoms. The third-order valence-corrected chi connectivity index (χ3v) is 1.25. The van der Waals surface area contributed by atoms with E-state index in [2.05, 4.69) is 4.74 Å². The van der Waals surface area contributed by atoms with Gasteiger partial charge in [0.15, 0.2) is 0 Å². The summed E-state index contributed by atoms with van der Waals surface area (Å²) in [5.41, 5.74) is 5.23. The van der Waals surface area contributed by atoms with E-state index >= 15 is 0 Å². The summed E-state index contributed by atoms with van der Waals surface area (Å²) in [6, 6.07) is 0. The Kier molecular flexibility index (Phi) is 6.59. The topological polar surface area (TPSA) is 102 Å². The average Bonchev–Trinajstić information content (AvgIpc) is 2.00. The fourth-order valence-electron chi connectivity index (χ4n) is 0.869. The summed E-state index contributed by atoms with van der Waals surface area (Å²) in [6.07, 6.45) is -0.717. The molecular formula is C8H16N2O5. The van der Waals surface area contributed by atoms with Crippen LogP contribution in [0.25, 0.3) is 0 Å². The lowest BCUT2D eigenvalue weighted by molar-refractivity contribution is -0.186. The molecule has 0 aliphatic carbocycles. The fourth-order valence-corrected chi connectivity index (χ4v) is 0.869. The summed E-state index contributed by atoms with van der Waals surface area (Å²) in [4.78, 5) is 26.4. The molecular weight excluding hydrogens is 204 g/mol. The molecule has 0 aromatic rings. The first-order valence-electron chi connectivity index (χ1n) is 4.50. The van der Waals surface area contributed by atoms with Crippen molar-refractivity contribution in [1.29, 1.82) is 0 Å². The Hall–Kier alpha value is -1.18. The highest BCUT2D eigenvalue weighted by Crippen LogP contribution is 1.93. The Labute approximate surface area is 87.7 Å². The van der Waals surface area contributed by atoms with Crippen LogP contribution in [0.15, 0.2) is 0 Å². The summed E-state index contributed by atoms with van der Waals surface area (Å²) >= 11 is 0. The first-order chi connectivity index (χ1) is 6.95. The van der Waals surface area contributed by atoms with Crippen molar-refractivity contribution < 1.29 is 24.3 Å². The summed E-state index contributed by atoms with van der Waals surface area (Å²) in [5, 5.41) is 9.51. The van der Waals surface area contributed by atoms with Crippen molar-refractivity contribution in [3.05, 3.63) is 0 Å². The van der Waals surface area contributed by atoms with Crippen molar-refractivity contribution in [2.75, 3.05) is 19.7 Å². The quantitative estimate of drug-likeness (QED) is 0.328. The number of nitrogens with two attached hydrogens (primary N) is 1. The Balaban J connectivity index is 4.03. The normalized spacial score (nSPS) is 12.5. The van der Waals surface area contributed by atoms with E-state index in [1.807, 2.05) is 0 Å². The predicted octanol–water partition coefficient (Wildman–Crippen LogP) is -0.828. The second-order valence-corrected chi connectivity index (χ2v) is 2.80. The molecule has 0 fully saturated rings. The number of carbonyl (C=O) groups is 2. The van der Waals surface area contributed by atoms with E-state index in [9.17, 15) is 9.59 Å². The number of nitrogens with zero attached hydrogens (tertiary/aromatic N) is 1. The minimum Gasteiger partial charge on any atom is -0.480 e. The van der Waals surface area contributed by atoms with E-state index in [1.165, 1.54) is 6.92 Å². The highest BCUT2D eigenvalue weighted by Gasteiger charge is 2.16. The van der Waals surface area contributed by atoms with Gasteiger partial charge in [-0.25, -0.2) is 0 Å². The maximum Gasteiger partial charge on any atom is 0.324 e. The maximum atomic E-state index is 11.1. The first kappa shape index (κ1) is 13.8. The first-order valence-corrected chi connectivity index (χ1v) is 4.50. The van der Waals surface area contributed by atoms with E-state index in [-0.39, 0.29) is 19.7 Å². The number of carboxylic acid groups (broad SMARTS) is 1. The van der Waals surface area contributed by atoms with E-state index in [4.69, 9.17) is 15.7 Å². The highest BCUT2D eigenvalue weighted by molar-refractivity contribution is 5.73. The summed E-state index contributed by atoms with van der Waals surface area (Å²) in [6.45, 7) is 2.81. The van der Waals surface area contributed by atoms with Gasteiger partial charge in [-0.3, -0.25) is 20.2 Å². The molecule has 1 unspecified atom stereocenters. The van der Waals surface area contributed by atoms with Gasteiger partial charge in [-0.05, 0) is 13.8 Å². The third kappa shape index (κ3) is 7.86. The average molecular weight is 220 g/mol. The minimum absolute atomic E-state index is 0.262. The van der Waals surface area contributed by atoms with Crippen molar-refractivity contribution in [2.24, 2.45) is 5.73 Å². The van der Waals surface area contributed by atoms with E-state index in [0.29, 0.717) is 0 Å². The Morgan fingerprint density at radius 3 is 2.47 bits per heavy atom. The molecule has 0 spiro atoms. The van der Waals surface area contributed by atoms with Gasteiger partial charge in [-0.2, -0.15) is 5.06 Å². The number of aliphatic carboxylic acids is 1. The van der Waals surface area contributed by atoms with Crippen LogP contribution in [0.5, 0.6) is 0 Å². The lowest BCUT2D eigenvalue weighted by Gasteiger charge is -2.18. The van der Waals surface area contributed by atoms with Crippen LogP contribution in [-0.2, 0) is 19.2 Å². The van der Waals surface area contributed by atoms with E-state index < -0.39 is 18.2 Å². The van der Waals surface area contributed by atoms with Crippen molar-refractivity contribution >= 4 is 11.9 Å². The standard InChI is InChI=1S/C8H16N2O5/c1-3-14-10(4-7(11)12)5-8(13)15-6(2)9/h6H,3-5,9H2,1-2H3,(H,11,12). The molecule has 0 radical (unpaired) electrons. The van der Waals surface area contributed by atoms with Gasteiger partial charge < -0.3 is 9.84 Å². The van der Waals surface area contributed by atoms with E-state index in [1.54, 1.807) is 6.92 Å². The summed E-state index contributed by atoms with van der Waals surface area (Å²) in [7, 11) is 0. The molecule has 15 heavy (non-hydrogen) atoms. The van der Waals surface area contributed by atoms with Gasteiger partial charge in [0.1, 0.15) is 19.3 Å². The van der Waals surface area contributed by atoms with Crippen molar-refractivity contribution in [2.45, 2.75) is 20.1 Å². The Morgan fingerprint density at radius 1 is 1.47 bits per heavy atom. The molecule has 3 N–H and O–H groups in total. The fraction of sp³-hybridized carbons (Fsp3) is 0.750. The van der Waals surface area contributed by atoms with Crippen molar-refractivity contribution in [3.8, 4) is 0 Å². The van der Waals surface area contributed by atoms with Crippen molar-refractivity contribution in [1.82, 2.24) is 5.06 Å².